The second-order valence-electron chi connectivity index (χ2n) is 4.31. The molecule has 1 aromatic heterocycles. The summed E-state index contributed by atoms with van der Waals surface area (Å²) in [7, 11) is 0. The van der Waals surface area contributed by atoms with E-state index in [1.807, 2.05) is 6.26 Å². The van der Waals surface area contributed by atoms with Gasteiger partial charge in [0.2, 0.25) is 0 Å². The standard InChI is InChI=1S/C14H13FN2O2S/c1-8-18-13(19-8)10-7-16-14(20-2)17-12(10)9-5-3-4-6-11(9)15/h3-8,13H,1-2H3. The van der Waals surface area contributed by atoms with E-state index in [2.05, 4.69) is 9.97 Å². The van der Waals surface area contributed by atoms with Crippen LogP contribution in [0.4, 0.5) is 4.39 Å². The van der Waals surface area contributed by atoms with Gasteiger partial charge in [-0.3, -0.25) is 0 Å². The third-order valence-corrected chi connectivity index (χ3v) is 3.55. The molecule has 20 heavy (non-hydrogen) atoms. The predicted molar refractivity (Wildman–Crippen MR) is 73.6 cm³/mol. The van der Waals surface area contributed by atoms with Gasteiger partial charge in [0, 0.05) is 11.8 Å². The molecule has 0 unspecified atom stereocenters. The van der Waals surface area contributed by atoms with Gasteiger partial charge in [-0.25, -0.2) is 14.4 Å². The summed E-state index contributed by atoms with van der Waals surface area (Å²) < 4.78 is 24.9. The first-order valence-corrected chi connectivity index (χ1v) is 7.38. The Balaban J connectivity index is 2.09. The van der Waals surface area contributed by atoms with E-state index in [9.17, 15) is 4.39 Å². The molecule has 2 aromatic rings. The molecule has 0 radical (unpaired) electrons. The van der Waals surface area contributed by atoms with Crippen molar-refractivity contribution in [2.75, 3.05) is 6.26 Å². The van der Waals surface area contributed by atoms with Crippen LogP contribution in [0.2, 0.25) is 0 Å². The molecule has 0 spiro atoms. The minimum Gasteiger partial charge on any atom is -0.319 e. The van der Waals surface area contributed by atoms with Gasteiger partial charge >= 0.3 is 0 Å². The van der Waals surface area contributed by atoms with Crippen LogP contribution in [0.15, 0.2) is 35.6 Å². The molecule has 104 valence electrons. The van der Waals surface area contributed by atoms with Crippen molar-refractivity contribution in [3.8, 4) is 11.3 Å². The Bertz CT molecular complexity index is 632. The van der Waals surface area contributed by atoms with Crippen LogP contribution in [-0.2, 0) is 9.47 Å². The van der Waals surface area contributed by atoms with Gasteiger partial charge in [-0.15, -0.1) is 0 Å². The fraction of sp³-hybridized carbons (Fsp3) is 0.286. The maximum atomic E-state index is 14.0. The number of hydrogen-bond donors (Lipinski definition) is 0. The third kappa shape index (κ3) is 2.42. The van der Waals surface area contributed by atoms with Crippen molar-refractivity contribution in [3.63, 3.8) is 0 Å². The number of hydrogen-bond acceptors (Lipinski definition) is 5. The summed E-state index contributed by atoms with van der Waals surface area (Å²) in [6.07, 6.45) is 2.72. The number of ether oxygens (including phenoxy) is 2. The van der Waals surface area contributed by atoms with Crippen LogP contribution in [0.3, 0.4) is 0 Å². The molecule has 0 saturated carbocycles. The summed E-state index contributed by atoms with van der Waals surface area (Å²) in [4.78, 5) is 8.61. The normalized spacial score (nSPS) is 21.6. The van der Waals surface area contributed by atoms with E-state index in [0.29, 0.717) is 22.0 Å². The summed E-state index contributed by atoms with van der Waals surface area (Å²) in [5.41, 5.74) is 1.58. The Morgan fingerprint density at radius 2 is 2.00 bits per heavy atom. The highest BCUT2D eigenvalue weighted by atomic mass is 32.2. The zero-order chi connectivity index (χ0) is 14.1. The summed E-state index contributed by atoms with van der Waals surface area (Å²) in [5, 5.41) is 0.583. The smallest absolute Gasteiger partial charge is 0.193 e. The molecule has 1 aromatic carbocycles. The van der Waals surface area contributed by atoms with E-state index in [0.717, 1.165) is 0 Å². The summed E-state index contributed by atoms with van der Waals surface area (Å²) in [6.45, 7) is 1.80. The van der Waals surface area contributed by atoms with Crippen molar-refractivity contribution >= 4 is 11.8 Å². The van der Waals surface area contributed by atoms with Crippen molar-refractivity contribution in [2.45, 2.75) is 24.7 Å². The molecule has 1 fully saturated rings. The summed E-state index contributed by atoms with van der Waals surface area (Å²) >= 11 is 1.40. The maximum absolute atomic E-state index is 14.0. The van der Waals surface area contributed by atoms with Crippen molar-refractivity contribution in [3.05, 3.63) is 41.8 Å². The monoisotopic (exact) mass is 292 g/mol. The lowest BCUT2D eigenvalue weighted by atomic mass is 10.1. The first kappa shape index (κ1) is 13.5. The first-order valence-electron chi connectivity index (χ1n) is 6.16. The van der Waals surface area contributed by atoms with E-state index < -0.39 is 6.29 Å². The van der Waals surface area contributed by atoms with Gasteiger partial charge in [0.05, 0.1) is 11.3 Å². The number of halogens is 1. The van der Waals surface area contributed by atoms with Crippen molar-refractivity contribution < 1.29 is 13.9 Å². The van der Waals surface area contributed by atoms with Gasteiger partial charge in [-0.05, 0) is 25.3 Å². The molecule has 1 aliphatic rings. The zero-order valence-corrected chi connectivity index (χ0v) is 11.9. The number of aromatic nitrogens is 2. The molecular formula is C14H13FN2O2S. The number of nitrogens with zero attached hydrogens (tertiary/aromatic N) is 2. The molecule has 2 heterocycles. The van der Waals surface area contributed by atoms with E-state index in [1.165, 1.54) is 17.8 Å². The molecule has 0 atom stereocenters. The Morgan fingerprint density at radius 1 is 1.25 bits per heavy atom. The lowest BCUT2D eigenvalue weighted by Gasteiger charge is -2.34. The van der Waals surface area contributed by atoms with Crippen LogP contribution >= 0.6 is 11.8 Å². The highest BCUT2D eigenvalue weighted by Gasteiger charge is 2.32. The van der Waals surface area contributed by atoms with Crippen LogP contribution in [-0.4, -0.2) is 22.5 Å². The highest BCUT2D eigenvalue weighted by Crippen LogP contribution is 2.37. The molecule has 3 rings (SSSR count). The molecule has 4 nitrogen and oxygen atoms in total. The lowest BCUT2D eigenvalue weighted by molar-refractivity contribution is -0.382. The third-order valence-electron chi connectivity index (χ3n) is 2.99. The second-order valence-corrected chi connectivity index (χ2v) is 5.09. The largest absolute Gasteiger partial charge is 0.319 e. The molecule has 1 saturated heterocycles. The van der Waals surface area contributed by atoms with Gasteiger partial charge in [-0.1, -0.05) is 23.9 Å². The van der Waals surface area contributed by atoms with Crippen LogP contribution in [0.25, 0.3) is 11.3 Å². The molecular weight excluding hydrogens is 279 g/mol. The van der Waals surface area contributed by atoms with E-state index in [-0.39, 0.29) is 12.1 Å². The molecule has 1 aliphatic heterocycles. The average molecular weight is 292 g/mol. The maximum Gasteiger partial charge on any atom is 0.193 e. The Hall–Kier alpha value is -1.50. The molecule has 0 bridgehead atoms. The fourth-order valence-electron chi connectivity index (χ4n) is 2.02. The number of benzene rings is 1. The highest BCUT2D eigenvalue weighted by molar-refractivity contribution is 7.98. The molecule has 0 N–H and O–H groups in total. The second kappa shape index (κ2) is 5.47. The topological polar surface area (TPSA) is 44.2 Å². The van der Waals surface area contributed by atoms with Crippen molar-refractivity contribution in [2.24, 2.45) is 0 Å². The Morgan fingerprint density at radius 3 is 2.65 bits per heavy atom. The number of rotatable bonds is 3. The van der Waals surface area contributed by atoms with Gasteiger partial charge in [0.1, 0.15) is 5.82 Å². The minimum atomic E-state index is -0.532. The Kier molecular flexibility index (Phi) is 3.69. The summed E-state index contributed by atoms with van der Waals surface area (Å²) in [6, 6.07) is 6.51. The van der Waals surface area contributed by atoms with Crippen molar-refractivity contribution in [1.82, 2.24) is 9.97 Å². The van der Waals surface area contributed by atoms with Crippen LogP contribution in [0, 0.1) is 5.82 Å². The van der Waals surface area contributed by atoms with E-state index in [4.69, 9.17) is 9.47 Å². The van der Waals surface area contributed by atoms with Gasteiger partial charge in [0.15, 0.2) is 17.7 Å². The minimum absolute atomic E-state index is 0.256. The van der Waals surface area contributed by atoms with Crippen LogP contribution in [0.5, 0.6) is 0 Å². The van der Waals surface area contributed by atoms with E-state index >= 15 is 0 Å². The van der Waals surface area contributed by atoms with E-state index in [1.54, 1.807) is 31.3 Å². The van der Waals surface area contributed by atoms with Crippen LogP contribution in [0.1, 0.15) is 18.8 Å². The molecule has 6 heteroatoms. The van der Waals surface area contributed by atoms with Crippen LogP contribution < -0.4 is 0 Å². The average Bonchev–Trinajstić information content (AvgIpc) is 2.44. The first-order chi connectivity index (χ1) is 9.69. The lowest BCUT2D eigenvalue weighted by Crippen LogP contribution is -2.32. The molecule has 0 amide bonds. The summed E-state index contributed by atoms with van der Waals surface area (Å²) in [5.74, 6) is -0.327. The quantitative estimate of drug-likeness (QED) is 0.641. The van der Waals surface area contributed by atoms with Gasteiger partial charge in [-0.2, -0.15) is 0 Å². The zero-order valence-electron chi connectivity index (χ0n) is 11.0. The predicted octanol–water partition coefficient (Wildman–Crippen LogP) is 3.40. The van der Waals surface area contributed by atoms with Crippen molar-refractivity contribution in [1.29, 1.82) is 0 Å². The SMILES string of the molecule is CSc1ncc(C2OC(C)O2)c(-c2ccccc2F)n1. The fourth-order valence-corrected chi connectivity index (χ4v) is 2.36. The van der Waals surface area contributed by atoms with Gasteiger partial charge < -0.3 is 9.47 Å². The molecule has 0 aliphatic carbocycles. The Labute approximate surface area is 120 Å². The number of thioether (sulfide) groups is 1. The van der Waals surface area contributed by atoms with Gasteiger partial charge in [0.25, 0.3) is 0 Å².